The maximum Gasteiger partial charge on any atom is 0.341 e. The van der Waals surface area contributed by atoms with Crippen LogP contribution in [0.25, 0.3) is 0 Å². The lowest BCUT2D eigenvalue weighted by atomic mass is 10.0. The van der Waals surface area contributed by atoms with E-state index in [4.69, 9.17) is 9.84 Å². The van der Waals surface area contributed by atoms with Crippen molar-refractivity contribution in [2.45, 2.75) is 83.5 Å². The van der Waals surface area contributed by atoms with Crippen LogP contribution in [0, 0.1) is 0 Å². The Bertz CT molecular complexity index is 476. The lowest BCUT2D eigenvalue weighted by Gasteiger charge is -2.06. The smallest absolute Gasteiger partial charge is 0.341 e. The van der Waals surface area contributed by atoms with Gasteiger partial charge in [-0.05, 0) is 41.4 Å². The van der Waals surface area contributed by atoms with Crippen LogP contribution in [-0.4, -0.2) is 22.1 Å². The standard InChI is InChI=1S/C22H35IO3/c23-17-12-10-8-6-4-2-1-3-5-7-9-11-14-20-15-13-16-21(18-20)26-19-22(24)25/h13,15-16,18H,1-12,14,17,19H2,(H,24,25). The van der Waals surface area contributed by atoms with Crippen molar-refractivity contribution >= 4 is 28.6 Å². The quantitative estimate of drug-likeness (QED) is 0.153. The van der Waals surface area contributed by atoms with Crippen LogP contribution in [0.4, 0.5) is 0 Å². The Labute approximate surface area is 173 Å². The molecule has 1 aromatic rings. The lowest BCUT2D eigenvalue weighted by molar-refractivity contribution is -0.139. The van der Waals surface area contributed by atoms with E-state index in [0.29, 0.717) is 5.75 Å². The average Bonchev–Trinajstić information content (AvgIpc) is 2.64. The molecule has 3 nitrogen and oxygen atoms in total. The van der Waals surface area contributed by atoms with Crippen LogP contribution in [0.15, 0.2) is 24.3 Å². The summed E-state index contributed by atoms with van der Waals surface area (Å²) in [4.78, 5) is 10.5. The molecule has 26 heavy (non-hydrogen) atoms. The summed E-state index contributed by atoms with van der Waals surface area (Å²) < 4.78 is 6.53. The van der Waals surface area contributed by atoms with Crippen molar-refractivity contribution in [3.05, 3.63) is 29.8 Å². The zero-order valence-electron chi connectivity index (χ0n) is 16.1. The number of ether oxygens (including phenoxy) is 1. The highest BCUT2D eigenvalue weighted by molar-refractivity contribution is 14.1. The Balaban J connectivity index is 1.94. The third kappa shape index (κ3) is 13.4. The number of rotatable bonds is 17. The number of hydrogen-bond acceptors (Lipinski definition) is 2. The molecule has 0 spiro atoms. The number of unbranched alkanes of at least 4 members (excludes halogenated alkanes) is 11. The summed E-state index contributed by atoms with van der Waals surface area (Å²) in [5.74, 6) is -0.286. The molecule has 0 atom stereocenters. The van der Waals surface area contributed by atoms with Crippen molar-refractivity contribution in [1.82, 2.24) is 0 Å². The van der Waals surface area contributed by atoms with Gasteiger partial charge in [-0.15, -0.1) is 0 Å². The molecular formula is C22H35IO3. The molecule has 1 aromatic carbocycles. The van der Waals surface area contributed by atoms with Crippen molar-refractivity contribution in [2.24, 2.45) is 0 Å². The van der Waals surface area contributed by atoms with Gasteiger partial charge < -0.3 is 9.84 Å². The largest absolute Gasteiger partial charge is 0.482 e. The second-order valence-electron chi connectivity index (χ2n) is 7.01. The minimum absolute atomic E-state index is 0.276. The number of halogens is 1. The van der Waals surface area contributed by atoms with E-state index in [2.05, 4.69) is 28.7 Å². The first kappa shape index (κ1) is 23.3. The fourth-order valence-corrected chi connectivity index (χ4v) is 3.67. The van der Waals surface area contributed by atoms with Crippen LogP contribution in [0.5, 0.6) is 5.75 Å². The third-order valence-electron chi connectivity index (χ3n) is 4.61. The molecule has 148 valence electrons. The number of carboxylic acid groups (broad SMARTS) is 1. The molecule has 0 saturated carbocycles. The Morgan fingerprint density at radius 2 is 1.38 bits per heavy atom. The van der Waals surface area contributed by atoms with Gasteiger partial charge in [0, 0.05) is 0 Å². The molecule has 0 aliphatic rings. The van der Waals surface area contributed by atoms with Crippen LogP contribution in [-0.2, 0) is 11.2 Å². The third-order valence-corrected chi connectivity index (χ3v) is 5.37. The molecule has 4 heteroatoms. The highest BCUT2D eigenvalue weighted by Gasteiger charge is 2.01. The zero-order valence-corrected chi connectivity index (χ0v) is 18.2. The maximum absolute atomic E-state index is 10.5. The number of carbonyl (C=O) groups is 1. The summed E-state index contributed by atoms with van der Waals surface area (Å²) in [6.45, 7) is -0.276. The number of carboxylic acids is 1. The number of benzene rings is 1. The molecule has 0 aliphatic heterocycles. The van der Waals surface area contributed by atoms with Crippen molar-refractivity contribution in [1.29, 1.82) is 0 Å². The van der Waals surface area contributed by atoms with Gasteiger partial charge in [0.15, 0.2) is 6.61 Å². The van der Waals surface area contributed by atoms with E-state index in [1.165, 1.54) is 87.0 Å². The van der Waals surface area contributed by atoms with Gasteiger partial charge in [0.1, 0.15) is 5.75 Å². The van der Waals surface area contributed by atoms with Gasteiger partial charge in [0.25, 0.3) is 0 Å². The van der Waals surface area contributed by atoms with Crippen molar-refractivity contribution in [2.75, 3.05) is 11.0 Å². The Morgan fingerprint density at radius 3 is 1.92 bits per heavy atom. The van der Waals surface area contributed by atoms with Gasteiger partial charge in [-0.2, -0.15) is 0 Å². The van der Waals surface area contributed by atoms with Crippen molar-refractivity contribution in [3.8, 4) is 5.75 Å². The molecule has 0 bridgehead atoms. The monoisotopic (exact) mass is 474 g/mol. The van der Waals surface area contributed by atoms with E-state index >= 15 is 0 Å². The molecule has 0 unspecified atom stereocenters. The predicted molar refractivity (Wildman–Crippen MR) is 118 cm³/mol. The molecule has 1 N–H and O–H groups in total. The first-order valence-corrected chi connectivity index (χ1v) is 11.7. The van der Waals surface area contributed by atoms with Crippen LogP contribution in [0.3, 0.4) is 0 Å². The minimum atomic E-state index is -0.938. The number of hydrogen-bond donors (Lipinski definition) is 1. The Morgan fingerprint density at radius 1 is 0.846 bits per heavy atom. The van der Waals surface area contributed by atoms with Gasteiger partial charge in [0.2, 0.25) is 0 Å². The summed E-state index contributed by atoms with van der Waals surface area (Å²) in [6, 6.07) is 7.81. The fourth-order valence-electron chi connectivity index (χ4n) is 3.13. The van der Waals surface area contributed by atoms with Gasteiger partial charge in [-0.1, -0.05) is 98.9 Å². The van der Waals surface area contributed by atoms with Gasteiger partial charge in [0.05, 0.1) is 0 Å². The molecule has 0 radical (unpaired) electrons. The van der Waals surface area contributed by atoms with Crippen LogP contribution < -0.4 is 4.74 Å². The van der Waals surface area contributed by atoms with E-state index in [9.17, 15) is 4.79 Å². The lowest BCUT2D eigenvalue weighted by Crippen LogP contribution is -2.09. The predicted octanol–water partition coefficient (Wildman–Crippen LogP) is 6.81. The van der Waals surface area contributed by atoms with Gasteiger partial charge >= 0.3 is 5.97 Å². The highest BCUT2D eigenvalue weighted by atomic mass is 127. The average molecular weight is 474 g/mol. The molecule has 0 fully saturated rings. The second-order valence-corrected chi connectivity index (χ2v) is 8.09. The molecule has 0 heterocycles. The van der Waals surface area contributed by atoms with E-state index < -0.39 is 5.97 Å². The highest BCUT2D eigenvalue weighted by Crippen LogP contribution is 2.17. The molecular weight excluding hydrogens is 439 g/mol. The zero-order chi connectivity index (χ0) is 18.9. The summed E-state index contributed by atoms with van der Waals surface area (Å²) in [7, 11) is 0. The SMILES string of the molecule is O=C(O)COc1cccc(CCCCCCCCCCCCCCI)c1. The van der Waals surface area contributed by atoms with Gasteiger partial charge in [-0.3, -0.25) is 0 Å². The second kappa shape index (κ2) is 16.4. The summed E-state index contributed by atoms with van der Waals surface area (Å²) in [5, 5.41) is 8.65. The molecule has 1 rings (SSSR count). The molecule has 0 aliphatic carbocycles. The maximum atomic E-state index is 10.5. The van der Waals surface area contributed by atoms with Crippen LogP contribution in [0.1, 0.15) is 82.6 Å². The van der Waals surface area contributed by atoms with E-state index in [1.54, 1.807) is 0 Å². The topological polar surface area (TPSA) is 46.5 Å². The summed E-state index contributed by atoms with van der Waals surface area (Å²) in [5.41, 5.74) is 1.23. The Hall–Kier alpha value is -0.780. The first-order valence-electron chi connectivity index (χ1n) is 10.2. The van der Waals surface area contributed by atoms with E-state index in [0.717, 1.165) is 6.42 Å². The summed E-state index contributed by atoms with van der Waals surface area (Å²) in [6.07, 6.45) is 17.4. The molecule has 0 saturated heterocycles. The number of aliphatic carboxylic acids is 1. The number of aryl methyl sites for hydroxylation is 1. The van der Waals surface area contributed by atoms with Gasteiger partial charge in [-0.25, -0.2) is 4.79 Å². The number of alkyl halides is 1. The fraction of sp³-hybridized carbons (Fsp3) is 0.682. The minimum Gasteiger partial charge on any atom is -0.482 e. The molecule has 0 amide bonds. The Kier molecular flexibility index (Phi) is 14.7. The first-order chi connectivity index (χ1) is 12.7. The van der Waals surface area contributed by atoms with E-state index in [1.807, 2.05) is 18.2 Å². The normalized spacial score (nSPS) is 10.8. The van der Waals surface area contributed by atoms with E-state index in [-0.39, 0.29) is 6.61 Å². The van der Waals surface area contributed by atoms with Crippen molar-refractivity contribution < 1.29 is 14.6 Å². The molecule has 0 aromatic heterocycles. The van der Waals surface area contributed by atoms with Crippen LogP contribution in [0.2, 0.25) is 0 Å². The van der Waals surface area contributed by atoms with Crippen molar-refractivity contribution in [3.63, 3.8) is 0 Å². The summed E-state index contributed by atoms with van der Waals surface area (Å²) >= 11 is 2.47. The van der Waals surface area contributed by atoms with Crippen LogP contribution >= 0.6 is 22.6 Å².